The maximum Gasteiger partial charge on any atom is 0.317 e. The van der Waals surface area contributed by atoms with Crippen LogP contribution in [-0.4, -0.2) is 36.6 Å². The first-order chi connectivity index (χ1) is 14.1. The lowest BCUT2D eigenvalue weighted by Gasteiger charge is -2.32. The van der Waals surface area contributed by atoms with Crippen molar-refractivity contribution in [3.63, 3.8) is 0 Å². The molecule has 1 aromatic carbocycles. The first-order valence-electron chi connectivity index (χ1n) is 11.4. The van der Waals surface area contributed by atoms with Crippen LogP contribution in [0.25, 0.3) is 0 Å². The first kappa shape index (κ1) is 21.7. The van der Waals surface area contributed by atoms with E-state index < -0.39 is 0 Å². The van der Waals surface area contributed by atoms with Crippen molar-refractivity contribution in [3.8, 4) is 0 Å². The highest BCUT2D eigenvalue weighted by Gasteiger charge is 2.30. The van der Waals surface area contributed by atoms with E-state index in [4.69, 9.17) is 4.74 Å². The number of carbonyl (C=O) groups is 2. The molecule has 1 aliphatic heterocycles. The van der Waals surface area contributed by atoms with Crippen molar-refractivity contribution >= 4 is 12.0 Å². The normalized spacial score (nSPS) is 25.2. The third-order valence-corrected chi connectivity index (χ3v) is 6.45. The second-order valence-corrected chi connectivity index (χ2v) is 8.63. The molecule has 0 aromatic heterocycles. The largest absolute Gasteiger partial charge is 0.466 e. The van der Waals surface area contributed by atoms with E-state index in [2.05, 4.69) is 36.5 Å². The van der Waals surface area contributed by atoms with E-state index in [1.165, 1.54) is 24.0 Å². The number of nitrogens with one attached hydrogen (secondary N) is 1. The van der Waals surface area contributed by atoms with Crippen molar-refractivity contribution in [1.29, 1.82) is 0 Å². The molecule has 2 amide bonds. The number of esters is 1. The summed E-state index contributed by atoms with van der Waals surface area (Å²) >= 11 is 0. The maximum absolute atomic E-state index is 13.1. The van der Waals surface area contributed by atoms with E-state index in [0.29, 0.717) is 19.1 Å². The molecule has 1 saturated carbocycles. The Labute approximate surface area is 175 Å². The van der Waals surface area contributed by atoms with Crippen LogP contribution in [0.4, 0.5) is 4.79 Å². The standard InChI is InChI=1S/C24H36N2O3/c1-3-29-23(27)20-13-11-19(12-14-20)17-25-24(28)26-15-6-4-5-10-22(26)21-9-7-8-18(2)16-21/h7-9,16,19-20,22H,3-6,10-15,17H2,1-2H3,(H,25,28)/t19?,20?,22-/m1/s1. The predicted octanol–water partition coefficient (Wildman–Crippen LogP) is 4.99. The maximum atomic E-state index is 13.1. The Morgan fingerprint density at radius 2 is 1.90 bits per heavy atom. The molecule has 5 nitrogen and oxygen atoms in total. The summed E-state index contributed by atoms with van der Waals surface area (Å²) in [6, 6.07) is 8.79. The summed E-state index contributed by atoms with van der Waals surface area (Å²) < 4.78 is 5.15. The molecular weight excluding hydrogens is 364 g/mol. The highest BCUT2D eigenvalue weighted by atomic mass is 16.5. The zero-order valence-electron chi connectivity index (χ0n) is 18.0. The van der Waals surface area contributed by atoms with E-state index in [1.807, 2.05) is 11.8 Å². The van der Waals surface area contributed by atoms with Crippen LogP contribution < -0.4 is 5.32 Å². The average Bonchev–Trinajstić information content (AvgIpc) is 2.99. The lowest BCUT2D eigenvalue weighted by atomic mass is 9.82. The molecule has 1 aromatic rings. The number of urea groups is 1. The van der Waals surface area contributed by atoms with Crippen LogP contribution in [0.2, 0.25) is 0 Å². The van der Waals surface area contributed by atoms with E-state index >= 15 is 0 Å². The van der Waals surface area contributed by atoms with E-state index in [0.717, 1.165) is 45.1 Å². The molecule has 0 bridgehead atoms. The van der Waals surface area contributed by atoms with Gasteiger partial charge in [0, 0.05) is 13.1 Å². The molecule has 1 atom stereocenters. The van der Waals surface area contributed by atoms with Crippen molar-refractivity contribution in [2.75, 3.05) is 19.7 Å². The van der Waals surface area contributed by atoms with E-state index in [9.17, 15) is 9.59 Å². The summed E-state index contributed by atoms with van der Waals surface area (Å²) in [4.78, 5) is 27.0. The van der Waals surface area contributed by atoms with Gasteiger partial charge in [0.1, 0.15) is 0 Å². The lowest BCUT2D eigenvalue weighted by molar-refractivity contribution is -0.149. The second kappa shape index (κ2) is 10.7. The van der Waals surface area contributed by atoms with Crippen LogP contribution in [0.5, 0.6) is 0 Å². The fourth-order valence-corrected chi connectivity index (χ4v) is 4.77. The van der Waals surface area contributed by atoms with Crippen molar-refractivity contribution in [2.24, 2.45) is 11.8 Å². The highest BCUT2D eigenvalue weighted by molar-refractivity contribution is 5.75. The summed E-state index contributed by atoms with van der Waals surface area (Å²) in [6.45, 7) is 5.93. The molecular formula is C24H36N2O3. The molecule has 1 aliphatic carbocycles. The third-order valence-electron chi connectivity index (χ3n) is 6.45. The first-order valence-corrected chi connectivity index (χ1v) is 11.4. The minimum atomic E-state index is -0.0550. The molecule has 2 aliphatic rings. The average molecular weight is 401 g/mol. The van der Waals surface area contributed by atoms with Gasteiger partial charge in [-0.2, -0.15) is 0 Å². The fraction of sp³-hybridized carbons (Fsp3) is 0.667. The molecule has 1 N–H and O–H groups in total. The van der Waals surface area contributed by atoms with Crippen LogP contribution in [-0.2, 0) is 9.53 Å². The molecule has 3 rings (SSSR count). The Morgan fingerprint density at radius 1 is 1.10 bits per heavy atom. The van der Waals surface area contributed by atoms with Gasteiger partial charge in [0.2, 0.25) is 0 Å². The van der Waals surface area contributed by atoms with Gasteiger partial charge in [0.15, 0.2) is 0 Å². The highest BCUT2D eigenvalue weighted by Crippen LogP contribution is 2.32. The number of amides is 2. The van der Waals surface area contributed by atoms with Crippen LogP contribution in [0.1, 0.15) is 75.5 Å². The van der Waals surface area contributed by atoms with Gasteiger partial charge in [-0.05, 0) is 63.9 Å². The molecule has 2 fully saturated rings. The quantitative estimate of drug-likeness (QED) is 0.708. The number of hydrogen-bond donors (Lipinski definition) is 1. The second-order valence-electron chi connectivity index (χ2n) is 8.63. The van der Waals surface area contributed by atoms with Gasteiger partial charge < -0.3 is 15.0 Å². The van der Waals surface area contributed by atoms with Gasteiger partial charge in [-0.1, -0.05) is 42.7 Å². The Hall–Kier alpha value is -2.04. The molecule has 5 heteroatoms. The van der Waals surface area contributed by atoms with Gasteiger partial charge in [-0.15, -0.1) is 0 Å². The van der Waals surface area contributed by atoms with Crippen LogP contribution in [0.15, 0.2) is 24.3 Å². The number of nitrogens with zero attached hydrogens (tertiary/aromatic N) is 1. The van der Waals surface area contributed by atoms with Crippen molar-refractivity contribution < 1.29 is 14.3 Å². The summed E-state index contributed by atoms with van der Waals surface area (Å²) in [5, 5.41) is 3.20. The third kappa shape index (κ3) is 5.97. The summed E-state index contributed by atoms with van der Waals surface area (Å²) in [5.41, 5.74) is 2.49. The van der Waals surface area contributed by atoms with Crippen molar-refractivity contribution in [1.82, 2.24) is 10.2 Å². The molecule has 29 heavy (non-hydrogen) atoms. The van der Waals surface area contributed by atoms with Gasteiger partial charge in [-0.25, -0.2) is 4.79 Å². The Bertz CT molecular complexity index is 682. The van der Waals surface area contributed by atoms with E-state index in [1.54, 1.807) is 0 Å². The number of aryl methyl sites for hydroxylation is 1. The molecule has 0 spiro atoms. The predicted molar refractivity (Wildman–Crippen MR) is 115 cm³/mol. The number of hydrogen-bond acceptors (Lipinski definition) is 3. The van der Waals surface area contributed by atoms with Gasteiger partial charge in [0.25, 0.3) is 0 Å². The SMILES string of the molecule is CCOC(=O)C1CCC(CNC(=O)N2CCCCC[C@@H]2c2cccc(C)c2)CC1. The van der Waals surface area contributed by atoms with Crippen LogP contribution in [0.3, 0.4) is 0 Å². The minimum absolute atomic E-state index is 0.0400. The van der Waals surface area contributed by atoms with Gasteiger partial charge in [-0.3, -0.25) is 4.79 Å². The number of carbonyl (C=O) groups excluding carboxylic acids is 2. The topological polar surface area (TPSA) is 58.6 Å². The fourth-order valence-electron chi connectivity index (χ4n) is 4.77. The minimum Gasteiger partial charge on any atom is -0.466 e. The monoisotopic (exact) mass is 400 g/mol. The van der Waals surface area contributed by atoms with Gasteiger partial charge in [0.05, 0.1) is 18.6 Å². The Morgan fingerprint density at radius 3 is 2.62 bits per heavy atom. The summed E-state index contributed by atoms with van der Waals surface area (Å²) in [7, 11) is 0. The summed E-state index contributed by atoms with van der Waals surface area (Å²) in [6.07, 6.45) is 8.15. The van der Waals surface area contributed by atoms with Crippen LogP contribution in [0, 0.1) is 18.8 Å². The molecule has 1 heterocycles. The number of benzene rings is 1. The number of ether oxygens (including phenoxy) is 1. The van der Waals surface area contributed by atoms with Crippen molar-refractivity contribution in [2.45, 2.75) is 71.3 Å². The summed E-state index contributed by atoms with van der Waals surface area (Å²) in [5.74, 6) is 0.438. The van der Waals surface area contributed by atoms with Gasteiger partial charge >= 0.3 is 12.0 Å². The zero-order chi connectivity index (χ0) is 20.6. The van der Waals surface area contributed by atoms with E-state index in [-0.39, 0.29) is 24.0 Å². The number of rotatable bonds is 5. The molecule has 160 valence electrons. The lowest BCUT2D eigenvalue weighted by Crippen LogP contribution is -2.44. The number of likely N-dealkylation sites (tertiary alicyclic amines) is 1. The smallest absolute Gasteiger partial charge is 0.317 e. The van der Waals surface area contributed by atoms with Crippen LogP contribution >= 0.6 is 0 Å². The zero-order valence-corrected chi connectivity index (χ0v) is 18.0. The Balaban J connectivity index is 1.54. The molecule has 0 unspecified atom stereocenters. The Kier molecular flexibility index (Phi) is 7.96. The van der Waals surface area contributed by atoms with Crippen molar-refractivity contribution in [3.05, 3.63) is 35.4 Å². The molecule has 1 saturated heterocycles. The molecule has 0 radical (unpaired) electrons.